The van der Waals surface area contributed by atoms with Crippen molar-refractivity contribution >= 4 is 49.8 Å². The van der Waals surface area contributed by atoms with E-state index in [9.17, 15) is 14.4 Å². The molecule has 8 nitrogen and oxygen atoms in total. The number of carbonyl (C=O) groups is 2. The van der Waals surface area contributed by atoms with Crippen LogP contribution >= 0.6 is 22.7 Å². The molecule has 1 amide bonds. The normalized spacial score (nSPS) is 15.3. The van der Waals surface area contributed by atoms with Gasteiger partial charge in [0.05, 0.1) is 18.5 Å². The minimum absolute atomic E-state index is 0.143. The molecule has 3 aromatic heterocycles. The van der Waals surface area contributed by atoms with Crippen LogP contribution in [0.3, 0.4) is 0 Å². The summed E-state index contributed by atoms with van der Waals surface area (Å²) >= 11 is 2.92. The van der Waals surface area contributed by atoms with Crippen molar-refractivity contribution in [3.8, 4) is 11.1 Å². The van der Waals surface area contributed by atoms with Gasteiger partial charge in [0, 0.05) is 15.8 Å². The summed E-state index contributed by atoms with van der Waals surface area (Å²) in [6.45, 7) is 6.27. The van der Waals surface area contributed by atoms with Crippen molar-refractivity contribution in [3.63, 3.8) is 0 Å². The van der Waals surface area contributed by atoms with Gasteiger partial charge in [0.15, 0.2) is 0 Å². The first-order valence-corrected chi connectivity index (χ1v) is 16.0. The lowest BCUT2D eigenvalue weighted by molar-refractivity contribution is -0.116. The number of hydrogen-bond donors (Lipinski definition) is 1. The van der Waals surface area contributed by atoms with Crippen LogP contribution in [0.15, 0.2) is 34.4 Å². The lowest BCUT2D eigenvalue weighted by Gasteiger charge is -2.18. The van der Waals surface area contributed by atoms with Crippen molar-refractivity contribution in [1.29, 1.82) is 0 Å². The molecule has 0 unspecified atom stereocenters. The van der Waals surface area contributed by atoms with Crippen molar-refractivity contribution in [2.24, 2.45) is 0 Å². The third kappa shape index (κ3) is 5.60. The number of anilines is 1. The van der Waals surface area contributed by atoms with Crippen LogP contribution < -0.4 is 10.9 Å². The van der Waals surface area contributed by atoms with Crippen molar-refractivity contribution in [2.75, 3.05) is 25.0 Å². The van der Waals surface area contributed by atoms with E-state index < -0.39 is 5.97 Å². The van der Waals surface area contributed by atoms with Gasteiger partial charge in [-0.15, -0.1) is 22.7 Å². The summed E-state index contributed by atoms with van der Waals surface area (Å²) in [6, 6.07) is 7.89. The van der Waals surface area contributed by atoms with Gasteiger partial charge in [-0.2, -0.15) is 0 Å². The number of benzene rings is 1. The SMILES string of the molecule is CCOC(=O)c1c(-c2ccc(C)cc2)csc1NC(=O)Cn1c(CN2CCCC2)nc2sc3c(c2c1=O)CCCC3. The fraction of sp³-hybridized carbons (Fsp3) is 0.419. The Balaban J connectivity index is 1.35. The van der Waals surface area contributed by atoms with Gasteiger partial charge in [-0.3, -0.25) is 19.1 Å². The molecule has 1 aliphatic heterocycles. The molecule has 0 bridgehead atoms. The molecule has 2 aliphatic rings. The molecule has 1 aromatic carbocycles. The van der Waals surface area contributed by atoms with Crippen LogP contribution in [0, 0.1) is 6.92 Å². The molecule has 0 spiro atoms. The number of thiophene rings is 2. The number of nitrogens with one attached hydrogen (secondary N) is 1. The number of nitrogens with zero attached hydrogens (tertiary/aromatic N) is 3. The molecule has 4 aromatic rings. The van der Waals surface area contributed by atoms with Gasteiger partial charge in [-0.1, -0.05) is 29.8 Å². The fourth-order valence-electron chi connectivity index (χ4n) is 5.82. The Morgan fingerprint density at radius 3 is 2.59 bits per heavy atom. The summed E-state index contributed by atoms with van der Waals surface area (Å²) in [7, 11) is 0. The highest BCUT2D eigenvalue weighted by Crippen LogP contribution is 2.37. The van der Waals surface area contributed by atoms with Crippen molar-refractivity contribution in [1.82, 2.24) is 14.5 Å². The van der Waals surface area contributed by atoms with Crippen LogP contribution in [0.4, 0.5) is 5.00 Å². The maximum atomic E-state index is 14.0. The van der Waals surface area contributed by atoms with Crippen LogP contribution in [0.5, 0.6) is 0 Å². The van der Waals surface area contributed by atoms with E-state index in [4.69, 9.17) is 9.72 Å². The summed E-state index contributed by atoms with van der Waals surface area (Å²) in [6.07, 6.45) is 6.30. The van der Waals surface area contributed by atoms with Gasteiger partial charge in [0.25, 0.3) is 5.56 Å². The average Bonchev–Trinajstić information content (AvgIpc) is 3.70. The largest absolute Gasteiger partial charge is 0.462 e. The number of carbonyl (C=O) groups excluding carboxylic acids is 2. The summed E-state index contributed by atoms with van der Waals surface area (Å²) in [4.78, 5) is 49.9. The van der Waals surface area contributed by atoms with Gasteiger partial charge in [0.1, 0.15) is 27.8 Å². The van der Waals surface area contributed by atoms with E-state index in [0.29, 0.717) is 33.9 Å². The second-order valence-electron chi connectivity index (χ2n) is 10.8. The maximum Gasteiger partial charge on any atom is 0.341 e. The number of likely N-dealkylation sites (tertiary alicyclic amines) is 1. The monoisotopic (exact) mass is 590 g/mol. The van der Waals surface area contributed by atoms with Crippen LogP contribution in [-0.4, -0.2) is 46.0 Å². The highest BCUT2D eigenvalue weighted by atomic mass is 32.1. The van der Waals surface area contributed by atoms with Crippen molar-refractivity contribution in [2.45, 2.75) is 65.5 Å². The minimum Gasteiger partial charge on any atom is -0.462 e. The maximum absolute atomic E-state index is 14.0. The number of esters is 1. The van der Waals surface area contributed by atoms with Crippen LogP contribution in [0.25, 0.3) is 21.3 Å². The number of aryl methyl sites for hydroxylation is 3. The summed E-state index contributed by atoms with van der Waals surface area (Å²) in [5, 5.41) is 5.89. The second-order valence-corrected chi connectivity index (χ2v) is 12.7. The topological polar surface area (TPSA) is 93.5 Å². The van der Waals surface area contributed by atoms with Gasteiger partial charge >= 0.3 is 5.97 Å². The smallest absolute Gasteiger partial charge is 0.341 e. The summed E-state index contributed by atoms with van der Waals surface area (Å²) in [5.41, 5.74) is 4.00. The molecule has 1 fully saturated rings. The Morgan fingerprint density at radius 2 is 1.83 bits per heavy atom. The molecule has 41 heavy (non-hydrogen) atoms. The fourth-order valence-corrected chi connectivity index (χ4v) is 8.06. The third-order valence-electron chi connectivity index (χ3n) is 7.91. The quantitative estimate of drug-likeness (QED) is 0.261. The molecule has 0 atom stereocenters. The van der Waals surface area contributed by atoms with E-state index in [2.05, 4.69) is 10.2 Å². The molecule has 6 rings (SSSR count). The number of rotatable bonds is 8. The Labute approximate surface area is 247 Å². The molecular formula is C31H34N4O4S2. The van der Waals surface area contributed by atoms with Crippen LogP contribution in [0.1, 0.15) is 64.8 Å². The average molecular weight is 591 g/mol. The predicted molar refractivity (Wildman–Crippen MR) is 164 cm³/mol. The molecule has 214 valence electrons. The zero-order valence-electron chi connectivity index (χ0n) is 23.5. The van der Waals surface area contributed by atoms with Crippen molar-refractivity contribution < 1.29 is 14.3 Å². The Bertz CT molecular complexity index is 1660. The number of ether oxygens (including phenoxy) is 1. The lowest BCUT2D eigenvalue weighted by Crippen LogP contribution is -2.34. The summed E-state index contributed by atoms with van der Waals surface area (Å²) < 4.78 is 6.92. The molecule has 1 saturated heterocycles. The minimum atomic E-state index is -0.487. The molecule has 10 heteroatoms. The van der Waals surface area contributed by atoms with Gasteiger partial charge in [-0.25, -0.2) is 9.78 Å². The number of fused-ring (bicyclic) bond motifs is 3. The van der Waals surface area contributed by atoms with E-state index >= 15 is 0 Å². The van der Waals surface area contributed by atoms with E-state index in [0.717, 1.165) is 73.1 Å². The van der Waals surface area contributed by atoms with Crippen LogP contribution in [-0.2, 0) is 35.5 Å². The highest BCUT2D eigenvalue weighted by molar-refractivity contribution is 7.18. The molecule has 1 N–H and O–H groups in total. The lowest BCUT2D eigenvalue weighted by atomic mass is 9.97. The van der Waals surface area contributed by atoms with E-state index in [1.807, 2.05) is 36.6 Å². The highest BCUT2D eigenvalue weighted by Gasteiger charge is 2.26. The summed E-state index contributed by atoms with van der Waals surface area (Å²) in [5.74, 6) is -0.238. The van der Waals surface area contributed by atoms with Gasteiger partial charge in [0.2, 0.25) is 5.91 Å². The van der Waals surface area contributed by atoms with Crippen LogP contribution in [0.2, 0.25) is 0 Å². The van der Waals surface area contributed by atoms with Gasteiger partial charge in [-0.05, 0) is 76.6 Å². The first-order chi connectivity index (χ1) is 19.9. The second kappa shape index (κ2) is 11.9. The number of amides is 1. The Kier molecular flexibility index (Phi) is 8.05. The number of hydrogen-bond acceptors (Lipinski definition) is 8. The third-order valence-corrected chi connectivity index (χ3v) is 9.99. The van der Waals surface area contributed by atoms with E-state index in [-0.39, 0.29) is 24.6 Å². The molecule has 4 heterocycles. The first kappa shape index (κ1) is 27.8. The Hall–Kier alpha value is -3.34. The van der Waals surface area contributed by atoms with E-state index in [1.165, 1.54) is 16.2 Å². The molecule has 0 saturated carbocycles. The molecular weight excluding hydrogens is 556 g/mol. The number of aromatic nitrogens is 2. The van der Waals surface area contributed by atoms with E-state index in [1.54, 1.807) is 22.8 Å². The zero-order valence-corrected chi connectivity index (χ0v) is 25.1. The van der Waals surface area contributed by atoms with Crippen molar-refractivity contribution in [3.05, 3.63) is 67.4 Å². The standard InChI is InChI=1S/C31H34N4O4S2/c1-3-39-31(38)27-22(20-12-10-19(2)11-13-20)18-40-28(27)33-25(36)17-35-24(16-34-14-6-7-15-34)32-29-26(30(35)37)21-8-4-5-9-23(21)41-29/h10-13,18H,3-9,14-17H2,1-2H3,(H,33,36). The first-order valence-electron chi connectivity index (χ1n) is 14.3. The molecule has 1 aliphatic carbocycles. The molecule has 0 radical (unpaired) electrons. The Morgan fingerprint density at radius 1 is 1.07 bits per heavy atom. The zero-order chi connectivity index (χ0) is 28.5. The van der Waals surface area contributed by atoms with Gasteiger partial charge < -0.3 is 10.1 Å². The predicted octanol–water partition coefficient (Wildman–Crippen LogP) is 5.78.